The highest BCUT2D eigenvalue weighted by Crippen LogP contribution is 2.27. The molecule has 1 aromatic rings. The standard InChI is InChI=1S/C17H22N2O3/c20-15(18-11-17(22)6-2-1-3-7-17)9-12-4-5-13-10-16(21)19-14(13)8-12/h4-5,8,22H,1-3,6-7,9-11H2,(H,18,20)(H,19,21). The number of nitrogens with one attached hydrogen (secondary N) is 2. The van der Waals surface area contributed by atoms with Crippen molar-refractivity contribution < 1.29 is 14.7 Å². The van der Waals surface area contributed by atoms with E-state index in [9.17, 15) is 14.7 Å². The molecule has 0 atom stereocenters. The predicted molar refractivity (Wildman–Crippen MR) is 83.5 cm³/mol. The van der Waals surface area contributed by atoms with Crippen molar-refractivity contribution in [2.45, 2.75) is 50.5 Å². The number of carbonyl (C=O) groups excluding carboxylic acids is 2. The van der Waals surface area contributed by atoms with E-state index in [0.717, 1.165) is 48.9 Å². The summed E-state index contributed by atoms with van der Waals surface area (Å²) >= 11 is 0. The Morgan fingerprint density at radius 2 is 2.05 bits per heavy atom. The SMILES string of the molecule is O=C(Cc1ccc2c(c1)NC(=O)C2)NCC1(O)CCCCC1. The van der Waals surface area contributed by atoms with E-state index >= 15 is 0 Å². The smallest absolute Gasteiger partial charge is 0.228 e. The number of benzene rings is 1. The second-order valence-electron chi connectivity index (χ2n) is 6.45. The van der Waals surface area contributed by atoms with E-state index in [4.69, 9.17) is 0 Å². The van der Waals surface area contributed by atoms with Gasteiger partial charge < -0.3 is 15.7 Å². The van der Waals surface area contributed by atoms with Gasteiger partial charge in [-0.15, -0.1) is 0 Å². The first-order valence-electron chi connectivity index (χ1n) is 7.95. The van der Waals surface area contributed by atoms with Crippen LogP contribution >= 0.6 is 0 Å². The van der Waals surface area contributed by atoms with Gasteiger partial charge in [0.25, 0.3) is 0 Å². The first-order valence-corrected chi connectivity index (χ1v) is 7.95. The topological polar surface area (TPSA) is 78.4 Å². The van der Waals surface area contributed by atoms with Gasteiger partial charge in [-0.05, 0) is 30.0 Å². The lowest BCUT2D eigenvalue weighted by Gasteiger charge is -2.32. The Bertz CT molecular complexity index is 592. The van der Waals surface area contributed by atoms with Crippen LogP contribution in [0.25, 0.3) is 0 Å². The van der Waals surface area contributed by atoms with E-state index in [1.165, 1.54) is 0 Å². The quantitative estimate of drug-likeness (QED) is 0.789. The minimum absolute atomic E-state index is 0.00359. The van der Waals surface area contributed by atoms with E-state index in [1.54, 1.807) is 0 Å². The van der Waals surface area contributed by atoms with Gasteiger partial charge in [-0.3, -0.25) is 9.59 Å². The van der Waals surface area contributed by atoms with Crippen molar-refractivity contribution in [3.8, 4) is 0 Å². The first kappa shape index (κ1) is 15.0. The van der Waals surface area contributed by atoms with Crippen LogP contribution < -0.4 is 10.6 Å². The van der Waals surface area contributed by atoms with Crippen LogP contribution in [0.1, 0.15) is 43.2 Å². The van der Waals surface area contributed by atoms with Gasteiger partial charge in [0.15, 0.2) is 0 Å². The maximum absolute atomic E-state index is 12.1. The lowest BCUT2D eigenvalue weighted by atomic mass is 9.85. The third-order valence-corrected chi connectivity index (χ3v) is 4.56. The summed E-state index contributed by atoms with van der Waals surface area (Å²) in [6, 6.07) is 5.63. The maximum atomic E-state index is 12.1. The summed E-state index contributed by atoms with van der Waals surface area (Å²) in [5, 5.41) is 16.0. The normalized spacial score (nSPS) is 19.4. The number of hydrogen-bond donors (Lipinski definition) is 3. The Labute approximate surface area is 130 Å². The van der Waals surface area contributed by atoms with Gasteiger partial charge in [-0.1, -0.05) is 31.4 Å². The zero-order chi connectivity index (χ0) is 15.6. The van der Waals surface area contributed by atoms with Crippen LogP contribution in [0.2, 0.25) is 0 Å². The molecule has 118 valence electrons. The van der Waals surface area contributed by atoms with Gasteiger partial charge in [0.2, 0.25) is 11.8 Å². The fourth-order valence-electron chi connectivity index (χ4n) is 3.27. The van der Waals surface area contributed by atoms with E-state index in [2.05, 4.69) is 10.6 Å². The highest BCUT2D eigenvalue weighted by Gasteiger charge is 2.29. The molecular weight excluding hydrogens is 280 g/mol. The molecule has 5 nitrogen and oxygen atoms in total. The summed E-state index contributed by atoms with van der Waals surface area (Å²) in [5.74, 6) is -0.0978. The highest BCUT2D eigenvalue weighted by molar-refractivity contribution is 5.99. The molecule has 1 fully saturated rings. The van der Waals surface area contributed by atoms with Crippen LogP contribution in [0.15, 0.2) is 18.2 Å². The number of rotatable bonds is 4. The summed E-state index contributed by atoms with van der Waals surface area (Å²) in [6.45, 7) is 0.327. The van der Waals surface area contributed by atoms with Crippen molar-refractivity contribution >= 4 is 17.5 Å². The van der Waals surface area contributed by atoms with Crippen LogP contribution in [0.3, 0.4) is 0 Å². The average Bonchev–Trinajstić information content (AvgIpc) is 2.85. The van der Waals surface area contributed by atoms with Crippen LogP contribution in [0.5, 0.6) is 0 Å². The van der Waals surface area contributed by atoms with Crippen molar-refractivity contribution in [2.24, 2.45) is 0 Å². The molecule has 5 heteroatoms. The summed E-state index contributed by atoms with van der Waals surface area (Å²) in [6.07, 6.45) is 5.41. The molecule has 2 amide bonds. The van der Waals surface area contributed by atoms with Crippen LogP contribution in [-0.4, -0.2) is 29.1 Å². The van der Waals surface area contributed by atoms with Crippen molar-refractivity contribution in [2.75, 3.05) is 11.9 Å². The number of amides is 2. The third-order valence-electron chi connectivity index (χ3n) is 4.56. The molecule has 2 aliphatic rings. The van der Waals surface area contributed by atoms with Crippen LogP contribution in [0.4, 0.5) is 5.69 Å². The molecule has 1 aliphatic carbocycles. The second kappa shape index (κ2) is 6.08. The molecule has 3 rings (SSSR count). The number of anilines is 1. The molecular formula is C17H22N2O3. The van der Waals surface area contributed by atoms with Crippen molar-refractivity contribution in [3.05, 3.63) is 29.3 Å². The summed E-state index contributed by atoms with van der Waals surface area (Å²) in [7, 11) is 0. The number of aliphatic hydroxyl groups is 1. The average molecular weight is 302 g/mol. The monoisotopic (exact) mass is 302 g/mol. The summed E-state index contributed by atoms with van der Waals surface area (Å²) in [4.78, 5) is 23.4. The molecule has 22 heavy (non-hydrogen) atoms. The molecule has 1 heterocycles. The molecule has 1 aliphatic heterocycles. The number of carbonyl (C=O) groups is 2. The fraction of sp³-hybridized carbons (Fsp3) is 0.529. The lowest BCUT2D eigenvalue weighted by molar-refractivity contribution is -0.122. The third kappa shape index (κ3) is 3.47. The van der Waals surface area contributed by atoms with E-state index in [-0.39, 0.29) is 18.2 Å². The molecule has 1 aromatic carbocycles. The predicted octanol–water partition coefficient (Wildman–Crippen LogP) is 1.54. The molecule has 0 saturated heterocycles. The Balaban J connectivity index is 1.54. The molecule has 0 radical (unpaired) electrons. The lowest BCUT2D eigenvalue weighted by Crippen LogP contribution is -2.44. The maximum Gasteiger partial charge on any atom is 0.228 e. The van der Waals surface area contributed by atoms with Gasteiger partial charge >= 0.3 is 0 Å². The van der Waals surface area contributed by atoms with Gasteiger partial charge in [-0.2, -0.15) is 0 Å². The van der Waals surface area contributed by atoms with Crippen molar-refractivity contribution in [1.82, 2.24) is 5.32 Å². The van der Waals surface area contributed by atoms with Crippen LogP contribution in [0, 0.1) is 0 Å². The Morgan fingerprint density at radius 3 is 2.82 bits per heavy atom. The molecule has 0 unspecified atom stereocenters. The zero-order valence-corrected chi connectivity index (χ0v) is 12.7. The van der Waals surface area contributed by atoms with Gasteiger partial charge in [0.05, 0.1) is 18.4 Å². The molecule has 3 N–H and O–H groups in total. The minimum atomic E-state index is -0.736. The highest BCUT2D eigenvalue weighted by atomic mass is 16.3. The summed E-state index contributed by atoms with van der Waals surface area (Å²) < 4.78 is 0. The Kier molecular flexibility index (Phi) is 4.16. The van der Waals surface area contributed by atoms with E-state index in [1.807, 2.05) is 18.2 Å². The summed E-state index contributed by atoms with van der Waals surface area (Å²) in [5.41, 5.74) is 1.92. The second-order valence-corrected chi connectivity index (χ2v) is 6.45. The van der Waals surface area contributed by atoms with E-state index < -0.39 is 5.60 Å². The van der Waals surface area contributed by atoms with Gasteiger partial charge in [-0.25, -0.2) is 0 Å². The Hall–Kier alpha value is -1.88. The Morgan fingerprint density at radius 1 is 1.27 bits per heavy atom. The number of hydrogen-bond acceptors (Lipinski definition) is 3. The van der Waals surface area contributed by atoms with Gasteiger partial charge in [0.1, 0.15) is 0 Å². The zero-order valence-electron chi connectivity index (χ0n) is 12.7. The minimum Gasteiger partial charge on any atom is -0.388 e. The van der Waals surface area contributed by atoms with Crippen LogP contribution in [-0.2, 0) is 22.4 Å². The molecule has 0 aromatic heterocycles. The molecule has 1 saturated carbocycles. The van der Waals surface area contributed by atoms with Gasteiger partial charge in [0, 0.05) is 12.2 Å². The molecule has 0 bridgehead atoms. The largest absolute Gasteiger partial charge is 0.388 e. The number of fused-ring (bicyclic) bond motifs is 1. The van der Waals surface area contributed by atoms with Crippen molar-refractivity contribution in [1.29, 1.82) is 0 Å². The molecule has 0 spiro atoms. The first-order chi connectivity index (χ1) is 10.5. The van der Waals surface area contributed by atoms with Crippen molar-refractivity contribution in [3.63, 3.8) is 0 Å². The fourth-order valence-corrected chi connectivity index (χ4v) is 3.27. The van der Waals surface area contributed by atoms with E-state index in [0.29, 0.717) is 13.0 Å².